The van der Waals surface area contributed by atoms with Gasteiger partial charge in [-0.1, -0.05) is 18.2 Å². The highest BCUT2D eigenvalue weighted by Gasteiger charge is 2.34. The first-order chi connectivity index (χ1) is 9.36. The van der Waals surface area contributed by atoms with Crippen LogP contribution in [0.25, 0.3) is 0 Å². The number of rotatable bonds is 7. The van der Waals surface area contributed by atoms with Gasteiger partial charge in [0.2, 0.25) is 0 Å². The average molecular weight is 288 g/mol. The van der Waals surface area contributed by atoms with E-state index >= 15 is 0 Å². The van der Waals surface area contributed by atoms with Crippen molar-refractivity contribution in [3.05, 3.63) is 35.4 Å². The molecule has 0 unspecified atom stereocenters. The number of hydrogen-bond donors (Lipinski definition) is 0. The average Bonchev–Trinajstić information content (AvgIpc) is 2.38. The van der Waals surface area contributed by atoms with Gasteiger partial charge < -0.3 is 4.74 Å². The predicted molar refractivity (Wildman–Crippen MR) is 66.5 cm³/mol. The molecule has 0 amide bonds. The molecule has 1 aromatic rings. The van der Waals surface area contributed by atoms with Crippen LogP contribution in [-0.4, -0.2) is 24.8 Å². The normalized spacial score (nSPS) is 11.4. The zero-order chi connectivity index (χ0) is 15.2. The smallest absolute Gasteiger partial charge is 0.381 e. The molecule has 0 N–H and O–H groups in total. The summed E-state index contributed by atoms with van der Waals surface area (Å²) < 4.78 is 43.2. The largest absolute Gasteiger partial charge is 0.417 e. The van der Waals surface area contributed by atoms with Crippen LogP contribution < -0.4 is 0 Å². The van der Waals surface area contributed by atoms with Gasteiger partial charge in [0, 0.05) is 18.6 Å². The molecule has 110 valence electrons. The van der Waals surface area contributed by atoms with Crippen LogP contribution in [0.3, 0.4) is 0 Å². The first kappa shape index (κ1) is 16.4. The monoisotopic (exact) mass is 288 g/mol. The number of alkyl halides is 3. The Morgan fingerprint density at radius 2 is 1.85 bits per heavy atom. The van der Waals surface area contributed by atoms with E-state index in [9.17, 15) is 22.8 Å². The topological polar surface area (TPSA) is 43.4 Å². The summed E-state index contributed by atoms with van der Waals surface area (Å²) in [6, 6.07) is 4.46. The number of hydrogen-bond acceptors (Lipinski definition) is 3. The van der Waals surface area contributed by atoms with Crippen LogP contribution >= 0.6 is 0 Å². The summed E-state index contributed by atoms with van der Waals surface area (Å²) in [6.07, 6.45) is -5.13. The molecule has 0 fully saturated rings. The Bertz CT molecular complexity index is 481. The van der Waals surface area contributed by atoms with Crippen molar-refractivity contribution in [2.24, 2.45) is 0 Å². The molecule has 0 aliphatic heterocycles. The van der Waals surface area contributed by atoms with E-state index in [0.717, 1.165) is 12.1 Å². The Morgan fingerprint density at radius 3 is 2.45 bits per heavy atom. The summed E-state index contributed by atoms with van der Waals surface area (Å²) in [5, 5.41) is 0. The minimum atomic E-state index is -4.61. The van der Waals surface area contributed by atoms with Gasteiger partial charge in [-0.05, 0) is 13.0 Å². The van der Waals surface area contributed by atoms with E-state index in [1.54, 1.807) is 6.92 Å². The third kappa shape index (κ3) is 4.77. The summed E-state index contributed by atoms with van der Waals surface area (Å²) in [5.41, 5.74) is -1.48. The van der Waals surface area contributed by atoms with Crippen molar-refractivity contribution < 1.29 is 27.5 Å². The molecule has 0 radical (unpaired) electrons. The molecule has 1 aromatic carbocycles. The number of carbonyl (C=O) groups is 2. The lowest BCUT2D eigenvalue weighted by atomic mass is 9.99. The quantitative estimate of drug-likeness (QED) is 0.439. The van der Waals surface area contributed by atoms with Crippen molar-refractivity contribution in [2.75, 3.05) is 13.2 Å². The van der Waals surface area contributed by atoms with Crippen LogP contribution in [0, 0.1) is 0 Å². The van der Waals surface area contributed by atoms with Gasteiger partial charge in [-0.2, -0.15) is 13.2 Å². The van der Waals surface area contributed by atoms with Crippen LogP contribution in [0.15, 0.2) is 24.3 Å². The van der Waals surface area contributed by atoms with Gasteiger partial charge in [0.05, 0.1) is 18.6 Å². The van der Waals surface area contributed by atoms with Crippen molar-refractivity contribution in [1.29, 1.82) is 0 Å². The van der Waals surface area contributed by atoms with E-state index in [0.29, 0.717) is 6.61 Å². The highest BCUT2D eigenvalue weighted by atomic mass is 19.4. The Morgan fingerprint density at radius 1 is 1.20 bits per heavy atom. The first-order valence-electron chi connectivity index (χ1n) is 6.15. The van der Waals surface area contributed by atoms with Crippen molar-refractivity contribution in [3.63, 3.8) is 0 Å². The number of Topliss-reactive ketones (excluding diaryl/α,β-unsaturated/α-hetero) is 2. The Balaban J connectivity index is 2.76. The van der Waals surface area contributed by atoms with E-state index in [-0.39, 0.29) is 13.0 Å². The second kappa shape index (κ2) is 7.19. The number of carbonyl (C=O) groups excluding carboxylic acids is 2. The Hall–Kier alpha value is -1.69. The molecular formula is C14H15F3O3. The molecule has 0 aliphatic rings. The highest BCUT2D eigenvalue weighted by Crippen LogP contribution is 2.32. The van der Waals surface area contributed by atoms with E-state index in [4.69, 9.17) is 4.74 Å². The third-order valence-corrected chi connectivity index (χ3v) is 2.62. The summed E-state index contributed by atoms with van der Waals surface area (Å²) in [6.45, 7) is 2.37. The lowest BCUT2D eigenvalue weighted by Gasteiger charge is -2.11. The molecular weight excluding hydrogens is 273 g/mol. The van der Waals surface area contributed by atoms with Gasteiger partial charge in [0.15, 0.2) is 5.78 Å². The molecule has 0 atom stereocenters. The summed E-state index contributed by atoms with van der Waals surface area (Å²) in [5.74, 6) is -1.25. The maximum atomic E-state index is 12.7. The molecule has 0 saturated heterocycles. The first-order valence-corrected chi connectivity index (χ1v) is 6.15. The van der Waals surface area contributed by atoms with Crippen LogP contribution in [0.1, 0.15) is 35.7 Å². The Kier molecular flexibility index (Phi) is 5.88. The molecule has 0 bridgehead atoms. The summed E-state index contributed by atoms with van der Waals surface area (Å²) in [4.78, 5) is 23.3. The van der Waals surface area contributed by atoms with Crippen molar-refractivity contribution >= 4 is 11.6 Å². The van der Waals surface area contributed by atoms with Crippen molar-refractivity contribution in [3.8, 4) is 0 Å². The second-order valence-electron chi connectivity index (χ2n) is 4.13. The van der Waals surface area contributed by atoms with Crippen LogP contribution in [0.4, 0.5) is 13.2 Å². The number of ether oxygens (including phenoxy) is 1. The second-order valence-corrected chi connectivity index (χ2v) is 4.13. The minimum absolute atomic E-state index is 0.0216. The summed E-state index contributed by atoms with van der Waals surface area (Å²) in [7, 11) is 0. The van der Waals surface area contributed by atoms with E-state index in [2.05, 4.69) is 0 Å². The number of halogens is 3. The lowest BCUT2D eigenvalue weighted by molar-refractivity contribution is -0.138. The zero-order valence-corrected chi connectivity index (χ0v) is 11.0. The van der Waals surface area contributed by atoms with Crippen LogP contribution in [0.2, 0.25) is 0 Å². The van der Waals surface area contributed by atoms with Gasteiger partial charge in [0.25, 0.3) is 0 Å². The van der Waals surface area contributed by atoms with E-state index < -0.39 is 35.3 Å². The maximum absolute atomic E-state index is 12.7. The van der Waals surface area contributed by atoms with E-state index in [1.807, 2.05) is 0 Å². The predicted octanol–water partition coefficient (Wildman–Crippen LogP) is 3.27. The van der Waals surface area contributed by atoms with Crippen molar-refractivity contribution in [1.82, 2.24) is 0 Å². The van der Waals surface area contributed by atoms with Gasteiger partial charge in [-0.3, -0.25) is 9.59 Å². The van der Waals surface area contributed by atoms with Gasteiger partial charge in [0.1, 0.15) is 5.78 Å². The molecule has 0 heterocycles. The van der Waals surface area contributed by atoms with E-state index in [1.165, 1.54) is 12.1 Å². The molecule has 3 nitrogen and oxygen atoms in total. The fourth-order valence-electron chi connectivity index (χ4n) is 1.67. The van der Waals surface area contributed by atoms with Crippen molar-refractivity contribution in [2.45, 2.75) is 25.9 Å². The molecule has 0 saturated carbocycles. The van der Waals surface area contributed by atoms with Crippen LogP contribution in [0.5, 0.6) is 0 Å². The molecule has 1 rings (SSSR count). The third-order valence-electron chi connectivity index (χ3n) is 2.62. The summed E-state index contributed by atoms with van der Waals surface area (Å²) >= 11 is 0. The fourth-order valence-corrected chi connectivity index (χ4v) is 1.67. The standard InChI is InChI=1S/C14H15F3O3/c1-2-20-8-7-10(18)9-13(19)11-5-3-4-6-12(11)14(15,16)17/h3-6H,2,7-9H2,1H3. The number of benzene rings is 1. The fraction of sp³-hybridized carbons (Fsp3) is 0.429. The van der Waals surface area contributed by atoms with Crippen LogP contribution in [-0.2, 0) is 15.7 Å². The minimum Gasteiger partial charge on any atom is -0.381 e. The van der Waals surface area contributed by atoms with Gasteiger partial charge in [-0.15, -0.1) is 0 Å². The SMILES string of the molecule is CCOCCC(=O)CC(=O)c1ccccc1C(F)(F)F. The van der Waals surface area contributed by atoms with Gasteiger partial charge in [-0.25, -0.2) is 0 Å². The Labute approximate surface area is 114 Å². The molecule has 6 heteroatoms. The number of ketones is 2. The maximum Gasteiger partial charge on any atom is 0.417 e. The molecule has 20 heavy (non-hydrogen) atoms. The molecule has 0 aliphatic carbocycles. The molecule has 0 aromatic heterocycles. The lowest BCUT2D eigenvalue weighted by Crippen LogP contribution is -2.16. The van der Waals surface area contributed by atoms with Gasteiger partial charge >= 0.3 is 6.18 Å². The zero-order valence-electron chi connectivity index (χ0n) is 11.0. The highest BCUT2D eigenvalue weighted by molar-refractivity contribution is 6.08. The molecule has 0 spiro atoms.